The third-order valence-electron chi connectivity index (χ3n) is 3.06. The average molecular weight is 321 g/mol. The normalized spacial score (nSPS) is 13.9. The first-order chi connectivity index (χ1) is 9.03. The summed E-state index contributed by atoms with van der Waals surface area (Å²) in [5, 5.41) is 0. The topological polar surface area (TPSA) is 48.1 Å². The summed E-state index contributed by atoms with van der Waals surface area (Å²) in [6, 6.07) is 11.8. The zero-order chi connectivity index (χ0) is 13.9. The Hall–Kier alpha value is -1.39. The smallest absolute Gasteiger partial charge is 0.123 e. The van der Waals surface area contributed by atoms with Crippen LogP contribution in [0.5, 0.6) is 5.75 Å². The summed E-state index contributed by atoms with van der Waals surface area (Å²) < 4.78 is 6.35. The second kappa shape index (κ2) is 5.72. The number of pyridine rings is 1. The number of rotatable bonds is 4. The molecule has 0 aliphatic rings. The molecule has 0 saturated carbocycles. The minimum absolute atomic E-state index is 0.520. The Labute approximate surface area is 121 Å². The molecule has 1 atom stereocenters. The van der Waals surface area contributed by atoms with Crippen molar-refractivity contribution in [3.63, 3.8) is 0 Å². The van der Waals surface area contributed by atoms with E-state index in [0.717, 1.165) is 21.5 Å². The Balaban J connectivity index is 2.29. The summed E-state index contributed by atoms with van der Waals surface area (Å²) in [6.07, 6.45) is 2.44. The molecule has 19 heavy (non-hydrogen) atoms. The van der Waals surface area contributed by atoms with E-state index in [1.807, 2.05) is 43.3 Å². The third kappa shape index (κ3) is 3.33. The average Bonchev–Trinajstić information content (AvgIpc) is 2.41. The molecule has 0 bridgehead atoms. The fraction of sp³-hybridized carbons (Fsp3) is 0.267. The molecule has 3 nitrogen and oxygen atoms in total. The maximum Gasteiger partial charge on any atom is 0.123 e. The molecule has 2 rings (SSSR count). The van der Waals surface area contributed by atoms with Gasteiger partial charge < -0.3 is 10.5 Å². The third-order valence-corrected chi connectivity index (χ3v) is 3.53. The predicted molar refractivity (Wildman–Crippen MR) is 80.2 cm³/mol. The lowest BCUT2D eigenvalue weighted by molar-refractivity contribution is 0.385. The molecule has 100 valence electrons. The molecule has 0 saturated heterocycles. The zero-order valence-electron chi connectivity index (χ0n) is 11.1. The van der Waals surface area contributed by atoms with E-state index in [9.17, 15) is 0 Å². The zero-order valence-corrected chi connectivity index (χ0v) is 12.6. The van der Waals surface area contributed by atoms with Gasteiger partial charge in [-0.25, -0.2) is 0 Å². The fourth-order valence-electron chi connectivity index (χ4n) is 2.10. The Morgan fingerprint density at radius 3 is 2.63 bits per heavy atom. The molecule has 1 unspecified atom stereocenters. The van der Waals surface area contributed by atoms with Crippen LogP contribution in [0.15, 0.2) is 47.1 Å². The molecular weight excluding hydrogens is 304 g/mol. The first kappa shape index (κ1) is 14.0. The van der Waals surface area contributed by atoms with Crippen LogP contribution in [-0.4, -0.2) is 12.1 Å². The lowest BCUT2D eigenvalue weighted by Crippen LogP contribution is -2.36. The number of para-hydroxylation sites is 1. The molecule has 1 heterocycles. The van der Waals surface area contributed by atoms with Gasteiger partial charge in [0.25, 0.3) is 0 Å². The van der Waals surface area contributed by atoms with Crippen LogP contribution in [0.4, 0.5) is 0 Å². The van der Waals surface area contributed by atoms with Crippen LogP contribution >= 0.6 is 15.9 Å². The maximum absolute atomic E-state index is 6.45. The van der Waals surface area contributed by atoms with Crippen molar-refractivity contribution in [2.45, 2.75) is 18.9 Å². The van der Waals surface area contributed by atoms with Crippen LogP contribution in [-0.2, 0) is 12.0 Å². The number of benzene rings is 1. The first-order valence-corrected chi connectivity index (χ1v) is 6.85. The second-order valence-electron chi connectivity index (χ2n) is 4.76. The fourth-order valence-corrected chi connectivity index (χ4v) is 2.33. The molecule has 0 amide bonds. The molecule has 2 N–H and O–H groups in total. The van der Waals surface area contributed by atoms with Crippen molar-refractivity contribution in [2.24, 2.45) is 5.73 Å². The van der Waals surface area contributed by atoms with E-state index >= 15 is 0 Å². The van der Waals surface area contributed by atoms with Gasteiger partial charge in [-0.2, -0.15) is 0 Å². The van der Waals surface area contributed by atoms with E-state index in [4.69, 9.17) is 10.5 Å². The van der Waals surface area contributed by atoms with E-state index in [-0.39, 0.29) is 0 Å². The van der Waals surface area contributed by atoms with Crippen molar-refractivity contribution in [3.8, 4) is 5.75 Å². The van der Waals surface area contributed by atoms with Gasteiger partial charge in [0.05, 0.1) is 7.11 Å². The van der Waals surface area contributed by atoms with Crippen molar-refractivity contribution in [1.82, 2.24) is 4.98 Å². The minimum atomic E-state index is -0.520. The van der Waals surface area contributed by atoms with Gasteiger partial charge in [0.15, 0.2) is 0 Å². The van der Waals surface area contributed by atoms with Crippen LogP contribution < -0.4 is 10.5 Å². The van der Waals surface area contributed by atoms with Gasteiger partial charge in [-0.15, -0.1) is 0 Å². The molecule has 1 aromatic carbocycles. The Morgan fingerprint density at radius 2 is 2.00 bits per heavy atom. The molecule has 0 aliphatic heterocycles. The Bertz CT molecular complexity index is 552. The van der Waals surface area contributed by atoms with Crippen molar-refractivity contribution in [1.29, 1.82) is 0 Å². The number of nitrogens with zero attached hydrogens (tertiary/aromatic N) is 1. The van der Waals surface area contributed by atoms with E-state index in [2.05, 4.69) is 20.9 Å². The first-order valence-electron chi connectivity index (χ1n) is 6.06. The van der Waals surface area contributed by atoms with Gasteiger partial charge in [0.2, 0.25) is 0 Å². The Kier molecular flexibility index (Phi) is 4.22. The number of aromatic nitrogens is 1. The summed E-state index contributed by atoms with van der Waals surface area (Å²) >= 11 is 3.38. The standard InChI is InChI=1S/C15H17BrN2O/c1-15(17,9-12-8-7-11(16)10-18-12)13-5-3-4-6-14(13)19-2/h3-8,10H,9,17H2,1-2H3. The minimum Gasteiger partial charge on any atom is -0.496 e. The summed E-state index contributed by atoms with van der Waals surface area (Å²) in [7, 11) is 1.66. The largest absolute Gasteiger partial charge is 0.496 e. The number of hydrogen-bond donors (Lipinski definition) is 1. The van der Waals surface area contributed by atoms with Crippen molar-refractivity contribution >= 4 is 15.9 Å². The maximum atomic E-state index is 6.45. The van der Waals surface area contributed by atoms with E-state index in [1.54, 1.807) is 13.3 Å². The molecule has 0 fully saturated rings. The SMILES string of the molecule is COc1ccccc1C(C)(N)Cc1ccc(Br)cn1. The molecule has 4 heteroatoms. The highest BCUT2D eigenvalue weighted by Crippen LogP contribution is 2.30. The summed E-state index contributed by atoms with van der Waals surface area (Å²) in [5.41, 5.74) is 7.88. The molecule has 1 aromatic heterocycles. The quantitative estimate of drug-likeness (QED) is 0.940. The second-order valence-corrected chi connectivity index (χ2v) is 5.68. The van der Waals surface area contributed by atoms with Gasteiger partial charge in [-0.05, 0) is 41.1 Å². The Morgan fingerprint density at radius 1 is 1.26 bits per heavy atom. The van der Waals surface area contributed by atoms with Crippen LogP contribution in [0.25, 0.3) is 0 Å². The van der Waals surface area contributed by atoms with E-state index in [0.29, 0.717) is 6.42 Å². The van der Waals surface area contributed by atoms with Gasteiger partial charge in [0, 0.05) is 33.9 Å². The van der Waals surface area contributed by atoms with Crippen molar-refractivity contribution in [3.05, 3.63) is 58.3 Å². The highest BCUT2D eigenvalue weighted by atomic mass is 79.9. The predicted octanol–water partition coefficient (Wildman–Crippen LogP) is 3.27. The molecule has 2 aromatic rings. The van der Waals surface area contributed by atoms with Gasteiger partial charge in [0.1, 0.15) is 5.75 Å². The molecule has 0 spiro atoms. The van der Waals surface area contributed by atoms with Crippen molar-refractivity contribution < 1.29 is 4.74 Å². The number of methoxy groups -OCH3 is 1. The number of nitrogens with two attached hydrogens (primary N) is 1. The van der Waals surface area contributed by atoms with Crippen LogP contribution in [0.2, 0.25) is 0 Å². The highest BCUT2D eigenvalue weighted by molar-refractivity contribution is 9.10. The summed E-state index contributed by atoms with van der Waals surface area (Å²) in [6.45, 7) is 1.99. The molecular formula is C15H17BrN2O. The van der Waals surface area contributed by atoms with Gasteiger partial charge in [-0.3, -0.25) is 4.98 Å². The highest BCUT2D eigenvalue weighted by Gasteiger charge is 2.25. The molecule has 0 aliphatic carbocycles. The number of ether oxygens (including phenoxy) is 1. The number of hydrogen-bond acceptors (Lipinski definition) is 3. The lowest BCUT2D eigenvalue weighted by atomic mass is 9.87. The summed E-state index contributed by atoms with van der Waals surface area (Å²) in [4.78, 5) is 4.38. The van der Waals surface area contributed by atoms with Crippen LogP contribution in [0.3, 0.4) is 0 Å². The van der Waals surface area contributed by atoms with Crippen LogP contribution in [0.1, 0.15) is 18.2 Å². The van der Waals surface area contributed by atoms with Crippen LogP contribution in [0, 0.1) is 0 Å². The van der Waals surface area contributed by atoms with Gasteiger partial charge in [-0.1, -0.05) is 18.2 Å². The van der Waals surface area contributed by atoms with E-state index < -0.39 is 5.54 Å². The number of halogens is 1. The van der Waals surface area contributed by atoms with Crippen molar-refractivity contribution in [2.75, 3.05) is 7.11 Å². The lowest BCUT2D eigenvalue weighted by Gasteiger charge is -2.26. The monoisotopic (exact) mass is 320 g/mol. The van der Waals surface area contributed by atoms with Gasteiger partial charge >= 0.3 is 0 Å². The van der Waals surface area contributed by atoms with E-state index in [1.165, 1.54) is 0 Å². The summed E-state index contributed by atoms with van der Waals surface area (Å²) in [5.74, 6) is 0.810. The molecule has 0 radical (unpaired) electrons.